The van der Waals surface area contributed by atoms with Gasteiger partial charge < -0.3 is 4.74 Å². The van der Waals surface area contributed by atoms with Crippen LogP contribution in [0.25, 0.3) is 28.4 Å². The highest BCUT2D eigenvalue weighted by molar-refractivity contribution is 7.90. The number of imidazole rings is 1. The van der Waals surface area contributed by atoms with E-state index in [1.807, 2.05) is 66.5 Å². The van der Waals surface area contributed by atoms with E-state index in [0.29, 0.717) is 12.2 Å². The molecule has 0 aliphatic carbocycles. The zero-order valence-electron chi connectivity index (χ0n) is 21.1. The van der Waals surface area contributed by atoms with Crippen LogP contribution >= 0.6 is 0 Å². The van der Waals surface area contributed by atoms with Crippen molar-refractivity contribution < 1.29 is 17.9 Å². The minimum absolute atomic E-state index is 0.00274. The first-order chi connectivity index (χ1) is 18.2. The predicted octanol–water partition coefficient (Wildman–Crippen LogP) is 4.39. The van der Waals surface area contributed by atoms with E-state index in [1.54, 1.807) is 18.3 Å². The van der Waals surface area contributed by atoms with Gasteiger partial charge in [-0.25, -0.2) is 27.9 Å². The number of aromatic amines is 1. The molecule has 2 N–H and O–H groups in total. The van der Waals surface area contributed by atoms with Crippen molar-refractivity contribution in [1.82, 2.24) is 29.5 Å². The SMILES string of the molecule is Cc1ccc(S(=O)(=O)NC(=O)OCCc2ccc(-n3c(-c4ccn[nH]4)nc4c(C)cc(C)nc43)cc2)cc1. The lowest BCUT2D eigenvalue weighted by molar-refractivity contribution is 0.154. The van der Waals surface area contributed by atoms with Gasteiger partial charge in [0.15, 0.2) is 11.5 Å². The van der Waals surface area contributed by atoms with Crippen molar-refractivity contribution >= 4 is 27.3 Å². The van der Waals surface area contributed by atoms with Gasteiger partial charge in [-0.2, -0.15) is 5.10 Å². The van der Waals surface area contributed by atoms with Crippen molar-refractivity contribution in [2.24, 2.45) is 0 Å². The Kier molecular flexibility index (Phi) is 6.68. The van der Waals surface area contributed by atoms with Crippen molar-refractivity contribution in [1.29, 1.82) is 0 Å². The van der Waals surface area contributed by atoms with E-state index in [2.05, 4.69) is 10.2 Å². The van der Waals surface area contributed by atoms with Crippen LogP contribution in [0.15, 0.2) is 71.8 Å². The molecule has 0 bridgehead atoms. The maximum absolute atomic E-state index is 12.4. The quantitative estimate of drug-likeness (QED) is 0.319. The van der Waals surface area contributed by atoms with Crippen LogP contribution in [0.4, 0.5) is 4.79 Å². The summed E-state index contributed by atoms with van der Waals surface area (Å²) in [5.74, 6) is 0.696. The van der Waals surface area contributed by atoms with Gasteiger partial charge in [-0.1, -0.05) is 29.8 Å². The Balaban J connectivity index is 1.29. The van der Waals surface area contributed by atoms with Gasteiger partial charge in [0, 0.05) is 24.0 Å². The molecule has 194 valence electrons. The summed E-state index contributed by atoms with van der Waals surface area (Å²) in [6, 6.07) is 17.8. The Morgan fingerprint density at radius 2 is 1.74 bits per heavy atom. The normalized spacial score (nSPS) is 11.6. The number of hydrogen-bond acceptors (Lipinski definition) is 7. The fourth-order valence-corrected chi connectivity index (χ4v) is 5.05. The number of sulfonamides is 1. The van der Waals surface area contributed by atoms with Gasteiger partial charge in [0.1, 0.15) is 11.2 Å². The Hall–Kier alpha value is -4.51. The van der Waals surface area contributed by atoms with E-state index < -0.39 is 16.1 Å². The molecule has 0 spiro atoms. The van der Waals surface area contributed by atoms with Crippen LogP contribution in [-0.2, 0) is 21.2 Å². The summed E-state index contributed by atoms with van der Waals surface area (Å²) in [6.07, 6.45) is 1.07. The van der Waals surface area contributed by atoms with Gasteiger partial charge in [-0.15, -0.1) is 0 Å². The zero-order valence-corrected chi connectivity index (χ0v) is 21.9. The molecule has 0 radical (unpaired) electrons. The topological polar surface area (TPSA) is 132 Å². The van der Waals surface area contributed by atoms with Gasteiger partial charge in [0.05, 0.1) is 11.5 Å². The van der Waals surface area contributed by atoms with E-state index in [4.69, 9.17) is 14.7 Å². The number of benzene rings is 2. The van der Waals surface area contributed by atoms with Crippen molar-refractivity contribution in [3.63, 3.8) is 0 Å². The first-order valence-electron chi connectivity index (χ1n) is 11.9. The molecule has 38 heavy (non-hydrogen) atoms. The number of carbonyl (C=O) groups excluding carboxylic acids is 1. The van der Waals surface area contributed by atoms with E-state index in [1.165, 1.54) is 12.1 Å². The number of hydrogen-bond donors (Lipinski definition) is 2. The molecule has 0 saturated heterocycles. The van der Waals surface area contributed by atoms with Crippen LogP contribution in [0.2, 0.25) is 0 Å². The Labute approximate surface area is 219 Å². The smallest absolute Gasteiger partial charge is 0.421 e. The second-order valence-corrected chi connectivity index (χ2v) is 10.6. The molecule has 11 heteroatoms. The van der Waals surface area contributed by atoms with Gasteiger partial charge in [0.25, 0.3) is 10.0 Å². The molecule has 0 aliphatic heterocycles. The number of aryl methyl sites for hydroxylation is 3. The number of amides is 1. The second kappa shape index (κ2) is 10.1. The molecule has 2 aromatic carbocycles. The molecule has 5 rings (SSSR count). The van der Waals surface area contributed by atoms with Crippen LogP contribution in [0.5, 0.6) is 0 Å². The van der Waals surface area contributed by atoms with Crippen LogP contribution < -0.4 is 4.72 Å². The summed E-state index contributed by atoms with van der Waals surface area (Å²) >= 11 is 0. The van der Waals surface area contributed by atoms with Gasteiger partial charge in [0.2, 0.25) is 0 Å². The van der Waals surface area contributed by atoms with Crippen LogP contribution in [0.1, 0.15) is 22.4 Å². The molecule has 5 aromatic rings. The van der Waals surface area contributed by atoms with Crippen LogP contribution in [0.3, 0.4) is 0 Å². The standard InChI is InChI=1S/C27H26N6O4S/c1-17-4-10-22(11-5-17)38(35,36)32-27(34)37-15-13-20-6-8-21(9-7-20)33-25(23-12-14-28-31-23)30-24-18(2)16-19(3)29-26(24)33/h4-12,14,16H,13,15H2,1-3H3,(H,28,31)(H,32,34). The predicted molar refractivity (Wildman–Crippen MR) is 142 cm³/mol. The average molecular weight is 531 g/mol. The van der Waals surface area contributed by atoms with E-state index in [-0.39, 0.29) is 11.5 Å². The second-order valence-electron chi connectivity index (χ2n) is 8.96. The molecule has 0 aliphatic rings. The van der Waals surface area contributed by atoms with Crippen molar-refractivity contribution in [3.05, 3.63) is 89.2 Å². The van der Waals surface area contributed by atoms with E-state index >= 15 is 0 Å². The lowest BCUT2D eigenvalue weighted by atomic mass is 10.1. The highest BCUT2D eigenvalue weighted by atomic mass is 32.2. The van der Waals surface area contributed by atoms with Crippen molar-refractivity contribution in [2.75, 3.05) is 6.61 Å². The number of aromatic nitrogens is 5. The highest BCUT2D eigenvalue weighted by Crippen LogP contribution is 2.28. The minimum atomic E-state index is -4.00. The Bertz CT molecular complexity index is 1710. The summed E-state index contributed by atoms with van der Waals surface area (Å²) in [5.41, 5.74) is 6.94. The third kappa shape index (κ3) is 5.14. The molecular weight excluding hydrogens is 504 g/mol. The summed E-state index contributed by atoms with van der Waals surface area (Å²) in [7, 11) is -4.00. The Morgan fingerprint density at radius 1 is 1.00 bits per heavy atom. The van der Waals surface area contributed by atoms with Crippen molar-refractivity contribution in [3.8, 4) is 17.2 Å². The number of ether oxygens (including phenoxy) is 1. The van der Waals surface area contributed by atoms with Crippen LogP contribution in [-0.4, -0.2) is 45.9 Å². The highest BCUT2D eigenvalue weighted by Gasteiger charge is 2.19. The summed E-state index contributed by atoms with van der Waals surface area (Å²) in [5, 5.41) is 7.04. The first-order valence-corrected chi connectivity index (χ1v) is 13.4. The van der Waals surface area contributed by atoms with Crippen molar-refractivity contribution in [2.45, 2.75) is 32.1 Å². The summed E-state index contributed by atoms with van der Waals surface area (Å²) in [6.45, 7) is 5.82. The fourth-order valence-electron chi connectivity index (χ4n) is 4.16. The third-order valence-electron chi connectivity index (χ3n) is 6.04. The lowest BCUT2D eigenvalue weighted by Gasteiger charge is -2.10. The largest absolute Gasteiger partial charge is 0.448 e. The molecule has 3 aromatic heterocycles. The molecule has 0 atom stereocenters. The fraction of sp³-hybridized carbons (Fsp3) is 0.185. The summed E-state index contributed by atoms with van der Waals surface area (Å²) < 4.78 is 33.7. The van der Waals surface area contributed by atoms with Gasteiger partial charge in [-0.05, 0) is 68.3 Å². The molecule has 0 fully saturated rings. The molecule has 1 amide bonds. The number of pyridine rings is 1. The first kappa shape index (κ1) is 25.2. The number of H-pyrrole nitrogens is 1. The molecule has 0 unspecified atom stereocenters. The van der Waals surface area contributed by atoms with E-state index in [9.17, 15) is 13.2 Å². The number of nitrogens with one attached hydrogen (secondary N) is 2. The monoisotopic (exact) mass is 530 g/mol. The molecule has 0 saturated carbocycles. The maximum Gasteiger partial charge on any atom is 0.421 e. The zero-order chi connectivity index (χ0) is 26.9. The van der Waals surface area contributed by atoms with Gasteiger partial charge >= 0.3 is 6.09 Å². The molecule has 10 nitrogen and oxygen atoms in total. The number of carbonyl (C=O) groups is 1. The third-order valence-corrected chi connectivity index (χ3v) is 7.37. The maximum atomic E-state index is 12.4. The number of rotatable bonds is 7. The molecule has 3 heterocycles. The lowest BCUT2D eigenvalue weighted by Crippen LogP contribution is -2.31. The number of fused-ring (bicyclic) bond motifs is 1. The number of nitrogens with zero attached hydrogens (tertiary/aromatic N) is 4. The van der Waals surface area contributed by atoms with E-state index in [0.717, 1.165) is 44.9 Å². The average Bonchev–Trinajstić information content (AvgIpc) is 3.53. The minimum Gasteiger partial charge on any atom is -0.448 e. The van der Waals surface area contributed by atoms with Gasteiger partial charge in [-0.3, -0.25) is 9.67 Å². The molecular formula is C27H26N6O4S. The summed E-state index contributed by atoms with van der Waals surface area (Å²) in [4.78, 5) is 21.7. The Morgan fingerprint density at radius 3 is 2.42 bits per heavy atom. The van der Waals surface area contributed by atoms with Crippen LogP contribution in [0, 0.1) is 20.8 Å².